The molecule has 1 amide bonds. The predicted molar refractivity (Wildman–Crippen MR) is 84.3 cm³/mol. The van der Waals surface area contributed by atoms with Gasteiger partial charge in [0.1, 0.15) is 11.4 Å². The van der Waals surface area contributed by atoms with Crippen LogP contribution >= 0.6 is 0 Å². The zero-order valence-corrected chi connectivity index (χ0v) is 13.4. The molecular formula is C16H24FN3O2. The van der Waals surface area contributed by atoms with Gasteiger partial charge in [0.05, 0.1) is 5.69 Å². The van der Waals surface area contributed by atoms with Crippen molar-refractivity contribution in [3.05, 3.63) is 29.6 Å². The monoisotopic (exact) mass is 309 g/mol. The molecule has 6 heteroatoms. The van der Waals surface area contributed by atoms with Gasteiger partial charge in [0, 0.05) is 32.7 Å². The van der Waals surface area contributed by atoms with Crippen molar-refractivity contribution < 1.29 is 13.9 Å². The average Bonchev–Trinajstić information content (AvgIpc) is 2.45. The fourth-order valence-corrected chi connectivity index (χ4v) is 2.39. The van der Waals surface area contributed by atoms with Crippen molar-refractivity contribution in [1.29, 1.82) is 0 Å². The maximum absolute atomic E-state index is 14.1. The lowest BCUT2D eigenvalue weighted by Crippen LogP contribution is -2.50. The molecule has 122 valence electrons. The number of anilines is 1. The Balaban J connectivity index is 1.96. The predicted octanol–water partition coefficient (Wildman–Crippen LogP) is 2.34. The highest BCUT2D eigenvalue weighted by atomic mass is 19.1. The summed E-state index contributed by atoms with van der Waals surface area (Å²) in [5.74, 6) is -0.270. The first kappa shape index (κ1) is 16.5. The number of nitrogens with zero attached hydrogens (tertiary/aromatic N) is 2. The molecule has 1 aromatic carbocycles. The molecular weight excluding hydrogens is 285 g/mol. The van der Waals surface area contributed by atoms with E-state index in [0.29, 0.717) is 38.4 Å². The van der Waals surface area contributed by atoms with Gasteiger partial charge in [0.25, 0.3) is 0 Å². The van der Waals surface area contributed by atoms with E-state index in [0.717, 1.165) is 5.56 Å². The molecule has 0 atom stereocenters. The van der Waals surface area contributed by atoms with Crippen LogP contribution in [-0.2, 0) is 11.3 Å². The SMILES string of the molecule is CC(C)(C)OC(=O)N1CCN(c2ccc(CN)cc2F)CC1. The largest absolute Gasteiger partial charge is 0.444 e. The average molecular weight is 309 g/mol. The third kappa shape index (κ3) is 4.10. The second kappa shape index (κ2) is 6.52. The van der Waals surface area contributed by atoms with Gasteiger partial charge in [-0.2, -0.15) is 0 Å². The van der Waals surface area contributed by atoms with Gasteiger partial charge in [-0.25, -0.2) is 9.18 Å². The Morgan fingerprint density at radius 2 is 1.91 bits per heavy atom. The van der Waals surface area contributed by atoms with E-state index in [4.69, 9.17) is 10.5 Å². The van der Waals surface area contributed by atoms with Crippen LogP contribution in [0.25, 0.3) is 0 Å². The molecule has 22 heavy (non-hydrogen) atoms. The highest BCUT2D eigenvalue weighted by Gasteiger charge is 2.26. The molecule has 0 saturated carbocycles. The number of rotatable bonds is 2. The lowest BCUT2D eigenvalue weighted by Gasteiger charge is -2.36. The molecule has 0 unspecified atom stereocenters. The summed E-state index contributed by atoms with van der Waals surface area (Å²) in [7, 11) is 0. The Labute approximate surface area is 130 Å². The Morgan fingerprint density at radius 3 is 2.41 bits per heavy atom. The van der Waals surface area contributed by atoms with Crippen LogP contribution in [0.1, 0.15) is 26.3 Å². The van der Waals surface area contributed by atoms with Gasteiger partial charge in [-0.15, -0.1) is 0 Å². The van der Waals surface area contributed by atoms with Crippen molar-refractivity contribution in [3.8, 4) is 0 Å². The van der Waals surface area contributed by atoms with Crippen LogP contribution in [-0.4, -0.2) is 42.8 Å². The topological polar surface area (TPSA) is 58.8 Å². The number of benzene rings is 1. The van der Waals surface area contributed by atoms with Gasteiger partial charge in [0.15, 0.2) is 0 Å². The van der Waals surface area contributed by atoms with Gasteiger partial charge < -0.3 is 20.3 Å². The van der Waals surface area contributed by atoms with E-state index in [1.54, 1.807) is 11.0 Å². The molecule has 1 saturated heterocycles. The minimum atomic E-state index is -0.502. The summed E-state index contributed by atoms with van der Waals surface area (Å²) in [5, 5.41) is 0. The molecule has 2 N–H and O–H groups in total. The summed E-state index contributed by atoms with van der Waals surface area (Å²) < 4.78 is 19.4. The third-order valence-electron chi connectivity index (χ3n) is 3.52. The molecule has 1 fully saturated rings. The third-order valence-corrected chi connectivity index (χ3v) is 3.52. The summed E-state index contributed by atoms with van der Waals surface area (Å²) in [4.78, 5) is 15.6. The first-order valence-corrected chi connectivity index (χ1v) is 7.51. The van der Waals surface area contributed by atoms with Gasteiger partial charge in [-0.1, -0.05) is 6.07 Å². The number of hydrogen-bond acceptors (Lipinski definition) is 4. The number of nitrogens with two attached hydrogens (primary N) is 1. The number of carbonyl (C=O) groups excluding carboxylic acids is 1. The first-order valence-electron chi connectivity index (χ1n) is 7.51. The van der Waals surface area contributed by atoms with E-state index in [2.05, 4.69) is 0 Å². The molecule has 0 aliphatic carbocycles. The molecule has 0 aromatic heterocycles. The van der Waals surface area contributed by atoms with Crippen molar-refractivity contribution in [1.82, 2.24) is 4.90 Å². The van der Waals surface area contributed by atoms with Crippen LogP contribution in [0.2, 0.25) is 0 Å². The quantitative estimate of drug-likeness (QED) is 0.911. The summed E-state index contributed by atoms with van der Waals surface area (Å²) in [5.41, 5.74) is 6.34. The Kier molecular flexibility index (Phi) is 4.90. The van der Waals surface area contributed by atoms with Crippen LogP contribution in [0.4, 0.5) is 14.9 Å². The van der Waals surface area contributed by atoms with E-state index >= 15 is 0 Å². The van der Waals surface area contributed by atoms with Crippen molar-refractivity contribution >= 4 is 11.8 Å². The number of carbonyl (C=O) groups is 1. The normalized spacial score (nSPS) is 15.9. The Bertz CT molecular complexity index is 535. The van der Waals surface area contributed by atoms with Gasteiger partial charge in [-0.05, 0) is 38.5 Å². The minimum Gasteiger partial charge on any atom is -0.444 e. The molecule has 0 radical (unpaired) electrons. The van der Waals surface area contributed by atoms with Crippen LogP contribution in [0.3, 0.4) is 0 Å². The van der Waals surface area contributed by atoms with Gasteiger partial charge >= 0.3 is 6.09 Å². The summed E-state index contributed by atoms with van der Waals surface area (Å²) in [6.45, 7) is 8.06. The summed E-state index contributed by atoms with van der Waals surface area (Å²) >= 11 is 0. The number of hydrogen-bond donors (Lipinski definition) is 1. The fourth-order valence-electron chi connectivity index (χ4n) is 2.39. The lowest BCUT2D eigenvalue weighted by atomic mass is 10.1. The number of amides is 1. The molecule has 1 aliphatic heterocycles. The van der Waals surface area contributed by atoms with Crippen LogP contribution in [0.5, 0.6) is 0 Å². The Hall–Kier alpha value is -1.82. The zero-order valence-electron chi connectivity index (χ0n) is 13.4. The van der Waals surface area contributed by atoms with Crippen molar-refractivity contribution in [2.24, 2.45) is 5.73 Å². The molecule has 1 aliphatic rings. The zero-order chi connectivity index (χ0) is 16.3. The van der Waals surface area contributed by atoms with Crippen LogP contribution < -0.4 is 10.6 Å². The number of ether oxygens (including phenoxy) is 1. The number of halogens is 1. The second-order valence-electron chi connectivity index (χ2n) is 6.44. The van der Waals surface area contributed by atoms with E-state index in [-0.39, 0.29) is 11.9 Å². The van der Waals surface area contributed by atoms with Gasteiger partial charge in [0.2, 0.25) is 0 Å². The molecule has 0 spiro atoms. The molecule has 2 rings (SSSR count). The van der Waals surface area contributed by atoms with Crippen molar-refractivity contribution in [2.75, 3.05) is 31.1 Å². The summed E-state index contributed by atoms with van der Waals surface area (Å²) in [6, 6.07) is 5.05. The maximum Gasteiger partial charge on any atom is 0.410 e. The maximum atomic E-state index is 14.1. The smallest absolute Gasteiger partial charge is 0.410 e. The van der Waals surface area contributed by atoms with Crippen LogP contribution in [0.15, 0.2) is 18.2 Å². The molecule has 1 heterocycles. The standard InChI is InChI=1S/C16H24FN3O2/c1-16(2,3)22-15(21)20-8-6-19(7-9-20)14-5-4-12(11-18)10-13(14)17/h4-5,10H,6-9,11,18H2,1-3H3. The number of piperazine rings is 1. The lowest BCUT2D eigenvalue weighted by molar-refractivity contribution is 0.0240. The minimum absolute atomic E-state index is 0.270. The van der Waals surface area contributed by atoms with E-state index in [9.17, 15) is 9.18 Å². The molecule has 1 aromatic rings. The van der Waals surface area contributed by atoms with E-state index in [1.807, 2.05) is 31.7 Å². The van der Waals surface area contributed by atoms with Crippen molar-refractivity contribution in [3.63, 3.8) is 0 Å². The summed E-state index contributed by atoms with van der Waals surface area (Å²) in [6.07, 6.45) is -0.314. The fraction of sp³-hybridized carbons (Fsp3) is 0.562. The van der Waals surface area contributed by atoms with Gasteiger partial charge in [-0.3, -0.25) is 0 Å². The van der Waals surface area contributed by atoms with E-state index in [1.165, 1.54) is 6.07 Å². The highest BCUT2D eigenvalue weighted by molar-refractivity contribution is 5.68. The van der Waals surface area contributed by atoms with Crippen LogP contribution in [0, 0.1) is 5.82 Å². The molecule has 0 bridgehead atoms. The second-order valence-corrected chi connectivity index (χ2v) is 6.44. The highest BCUT2D eigenvalue weighted by Crippen LogP contribution is 2.22. The first-order chi connectivity index (χ1) is 10.3. The Morgan fingerprint density at radius 1 is 1.27 bits per heavy atom. The van der Waals surface area contributed by atoms with E-state index < -0.39 is 5.60 Å². The molecule has 5 nitrogen and oxygen atoms in total. The van der Waals surface area contributed by atoms with Crippen molar-refractivity contribution in [2.45, 2.75) is 32.9 Å².